The second kappa shape index (κ2) is 5.91. The van der Waals surface area contributed by atoms with Gasteiger partial charge in [-0.15, -0.1) is 10.2 Å². The Bertz CT molecular complexity index is 608. The molecule has 0 spiro atoms. The van der Waals surface area contributed by atoms with E-state index in [1.165, 1.54) is 5.56 Å². The lowest BCUT2D eigenvalue weighted by molar-refractivity contribution is 0.0945. The van der Waals surface area contributed by atoms with Gasteiger partial charge in [-0.2, -0.15) is 0 Å². The van der Waals surface area contributed by atoms with E-state index < -0.39 is 0 Å². The molecule has 21 heavy (non-hydrogen) atoms. The number of anilines is 1. The van der Waals surface area contributed by atoms with Gasteiger partial charge in [0.25, 0.3) is 5.91 Å². The summed E-state index contributed by atoms with van der Waals surface area (Å²) in [5.41, 5.74) is 1.58. The topological polar surface area (TPSA) is 58.1 Å². The zero-order valence-corrected chi connectivity index (χ0v) is 12.0. The van der Waals surface area contributed by atoms with Gasteiger partial charge in [-0.3, -0.25) is 4.79 Å². The predicted molar refractivity (Wildman–Crippen MR) is 81.1 cm³/mol. The average Bonchev–Trinajstić information content (AvgIpc) is 3.32. The summed E-state index contributed by atoms with van der Waals surface area (Å²) < 4.78 is 0. The van der Waals surface area contributed by atoms with Crippen molar-refractivity contribution in [3.8, 4) is 0 Å². The summed E-state index contributed by atoms with van der Waals surface area (Å²) in [6, 6.07) is 14.1. The highest BCUT2D eigenvalue weighted by Gasteiger charge is 2.24. The Hall–Kier alpha value is -2.43. The summed E-state index contributed by atoms with van der Waals surface area (Å²) in [6.45, 7) is 0.753. The number of aromatic nitrogens is 2. The molecule has 1 amide bonds. The zero-order valence-electron chi connectivity index (χ0n) is 12.0. The first kappa shape index (κ1) is 13.5. The van der Waals surface area contributed by atoms with Gasteiger partial charge in [0, 0.05) is 19.6 Å². The molecule has 108 valence electrons. The fourth-order valence-electron chi connectivity index (χ4n) is 2.08. The van der Waals surface area contributed by atoms with E-state index in [9.17, 15) is 4.79 Å². The van der Waals surface area contributed by atoms with E-state index in [0.717, 1.165) is 25.2 Å². The molecule has 5 heteroatoms. The van der Waals surface area contributed by atoms with Gasteiger partial charge >= 0.3 is 0 Å². The van der Waals surface area contributed by atoms with Crippen LogP contribution in [0.5, 0.6) is 0 Å². The molecule has 2 aromatic rings. The smallest absolute Gasteiger partial charge is 0.272 e. The molecule has 0 saturated heterocycles. The monoisotopic (exact) mass is 282 g/mol. The van der Waals surface area contributed by atoms with Crippen molar-refractivity contribution in [2.75, 3.05) is 11.9 Å². The van der Waals surface area contributed by atoms with Gasteiger partial charge in [0.2, 0.25) is 0 Å². The fraction of sp³-hybridized carbons (Fsp3) is 0.312. The van der Waals surface area contributed by atoms with E-state index >= 15 is 0 Å². The number of nitrogens with zero attached hydrogens (tertiary/aromatic N) is 3. The van der Waals surface area contributed by atoms with Gasteiger partial charge in [-0.05, 0) is 30.5 Å². The molecule has 0 atom stereocenters. The second-order valence-electron chi connectivity index (χ2n) is 5.37. The predicted octanol–water partition coefficient (Wildman–Crippen LogP) is 2.01. The van der Waals surface area contributed by atoms with Crippen molar-refractivity contribution in [2.24, 2.45) is 0 Å². The lowest BCUT2D eigenvalue weighted by Crippen LogP contribution is -2.27. The minimum atomic E-state index is -0.137. The Morgan fingerprint density at radius 3 is 2.57 bits per heavy atom. The first-order valence-electron chi connectivity index (χ1n) is 7.12. The molecule has 1 aliphatic carbocycles. The Balaban J connectivity index is 1.64. The van der Waals surface area contributed by atoms with Crippen LogP contribution in [0.3, 0.4) is 0 Å². The summed E-state index contributed by atoms with van der Waals surface area (Å²) in [5, 5.41) is 11.1. The Kier molecular flexibility index (Phi) is 3.81. The minimum absolute atomic E-state index is 0.137. The standard InChI is InChI=1S/C16H18N4O/c1-20(11-12-5-3-2-4-6-12)15-10-9-14(18-19-15)16(21)17-13-7-8-13/h2-6,9-10,13H,7-8,11H2,1H3,(H,17,21). The molecule has 3 rings (SSSR count). The zero-order chi connectivity index (χ0) is 14.7. The summed E-state index contributed by atoms with van der Waals surface area (Å²) in [7, 11) is 1.96. The fourth-order valence-corrected chi connectivity index (χ4v) is 2.08. The van der Waals surface area contributed by atoms with Gasteiger partial charge in [0.1, 0.15) is 0 Å². The van der Waals surface area contributed by atoms with E-state index in [4.69, 9.17) is 0 Å². The minimum Gasteiger partial charge on any atom is -0.354 e. The maximum atomic E-state index is 11.8. The number of nitrogens with one attached hydrogen (secondary N) is 1. The quantitative estimate of drug-likeness (QED) is 0.911. The van der Waals surface area contributed by atoms with Gasteiger partial charge < -0.3 is 10.2 Å². The third-order valence-corrected chi connectivity index (χ3v) is 3.45. The van der Waals surface area contributed by atoms with Crippen molar-refractivity contribution in [3.05, 3.63) is 53.7 Å². The molecular formula is C16H18N4O. The Morgan fingerprint density at radius 1 is 1.19 bits per heavy atom. The maximum Gasteiger partial charge on any atom is 0.272 e. The largest absolute Gasteiger partial charge is 0.354 e. The highest BCUT2D eigenvalue weighted by atomic mass is 16.2. The van der Waals surface area contributed by atoms with E-state index in [0.29, 0.717) is 11.7 Å². The van der Waals surface area contributed by atoms with Crippen LogP contribution < -0.4 is 10.2 Å². The molecule has 1 aliphatic rings. The second-order valence-corrected chi connectivity index (χ2v) is 5.37. The van der Waals surface area contributed by atoms with Crippen LogP contribution in [0.2, 0.25) is 0 Å². The summed E-state index contributed by atoms with van der Waals surface area (Å²) in [5.74, 6) is 0.615. The van der Waals surface area contributed by atoms with Gasteiger partial charge in [0.15, 0.2) is 11.5 Å². The van der Waals surface area contributed by atoms with Crippen molar-refractivity contribution in [1.82, 2.24) is 15.5 Å². The van der Waals surface area contributed by atoms with E-state index in [2.05, 4.69) is 27.6 Å². The summed E-state index contributed by atoms with van der Waals surface area (Å²) >= 11 is 0. The summed E-state index contributed by atoms with van der Waals surface area (Å²) in [6.07, 6.45) is 2.13. The number of carbonyl (C=O) groups excluding carboxylic acids is 1. The number of hydrogen-bond donors (Lipinski definition) is 1. The van der Waals surface area contributed by atoms with Crippen LogP contribution in [-0.4, -0.2) is 29.2 Å². The van der Waals surface area contributed by atoms with Crippen LogP contribution >= 0.6 is 0 Å². The van der Waals surface area contributed by atoms with E-state index in [-0.39, 0.29) is 5.91 Å². The molecule has 1 aromatic heterocycles. The molecule has 0 unspecified atom stereocenters. The van der Waals surface area contributed by atoms with Crippen LogP contribution in [-0.2, 0) is 6.54 Å². The number of carbonyl (C=O) groups is 1. The first-order valence-corrected chi connectivity index (χ1v) is 7.12. The van der Waals surface area contributed by atoms with Crippen LogP contribution in [0.4, 0.5) is 5.82 Å². The SMILES string of the molecule is CN(Cc1ccccc1)c1ccc(C(=O)NC2CC2)nn1. The highest BCUT2D eigenvalue weighted by Crippen LogP contribution is 2.19. The molecular weight excluding hydrogens is 264 g/mol. The Morgan fingerprint density at radius 2 is 1.95 bits per heavy atom. The highest BCUT2D eigenvalue weighted by molar-refractivity contribution is 5.92. The number of rotatable bonds is 5. The molecule has 1 N–H and O–H groups in total. The molecule has 1 saturated carbocycles. The van der Waals surface area contributed by atoms with Gasteiger partial charge in [-0.25, -0.2) is 0 Å². The van der Waals surface area contributed by atoms with Crippen LogP contribution in [0.1, 0.15) is 28.9 Å². The van der Waals surface area contributed by atoms with Crippen LogP contribution in [0.15, 0.2) is 42.5 Å². The van der Waals surface area contributed by atoms with Crippen molar-refractivity contribution in [3.63, 3.8) is 0 Å². The summed E-state index contributed by atoms with van der Waals surface area (Å²) in [4.78, 5) is 13.8. The molecule has 1 aromatic carbocycles. The van der Waals surface area contributed by atoms with Gasteiger partial charge in [-0.1, -0.05) is 30.3 Å². The number of hydrogen-bond acceptors (Lipinski definition) is 4. The molecule has 1 fully saturated rings. The van der Waals surface area contributed by atoms with Crippen molar-refractivity contribution in [1.29, 1.82) is 0 Å². The molecule has 5 nitrogen and oxygen atoms in total. The van der Waals surface area contributed by atoms with E-state index in [1.807, 2.05) is 36.2 Å². The first-order chi connectivity index (χ1) is 10.2. The number of amides is 1. The van der Waals surface area contributed by atoms with Crippen LogP contribution in [0.25, 0.3) is 0 Å². The van der Waals surface area contributed by atoms with Crippen molar-refractivity contribution in [2.45, 2.75) is 25.4 Å². The third kappa shape index (κ3) is 3.56. The van der Waals surface area contributed by atoms with Crippen LogP contribution in [0, 0.1) is 0 Å². The van der Waals surface area contributed by atoms with Gasteiger partial charge in [0.05, 0.1) is 0 Å². The molecule has 0 bridgehead atoms. The molecule has 1 heterocycles. The molecule has 0 radical (unpaired) electrons. The third-order valence-electron chi connectivity index (χ3n) is 3.45. The van der Waals surface area contributed by atoms with Crippen molar-refractivity contribution >= 4 is 11.7 Å². The molecule has 0 aliphatic heterocycles. The van der Waals surface area contributed by atoms with Crippen molar-refractivity contribution < 1.29 is 4.79 Å². The lowest BCUT2D eigenvalue weighted by Gasteiger charge is -2.17. The van der Waals surface area contributed by atoms with E-state index in [1.54, 1.807) is 6.07 Å². The normalized spacial score (nSPS) is 13.8. The number of benzene rings is 1. The maximum absolute atomic E-state index is 11.8. The average molecular weight is 282 g/mol. The Labute approximate surface area is 124 Å². The lowest BCUT2D eigenvalue weighted by atomic mass is 10.2.